The maximum absolute atomic E-state index is 13.9. The summed E-state index contributed by atoms with van der Waals surface area (Å²) >= 11 is 1.70. The smallest absolute Gasteiger partial charge is 0.316 e. The molecule has 1 unspecified atom stereocenters. The fourth-order valence-corrected chi connectivity index (χ4v) is 5.18. The third kappa shape index (κ3) is 4.67. The Morgan fingerprint density at radius 3 is 2.44 bits per heavy atom. The normalized spacial score (nSPS) is 18.6. The largest absolute Gasteiger partial charge is 0.483 e. The number of fused-ring (bicyclic) bond motifs is 1. The Morgan fingerprint density at radius 2 is 1.74 bits per heavy atom. The molecule has 178 valence electrons. The van der Waals surface area contributed by atoms with Crippen LogP contribution in [0.15, 0.2) is 53.5 Å². The average Bonchev–Trinajstić information content (AvgIpc) is 2.84. The van der Waals surface area contributed by atoms with Crippen LogP contribution >= 0.6 is 11.9 Å². The second kappa shape index (κ2) is 9.76. The van der Waals surface area contributed by atoms with E-state index in [1.807, 2.05) is 18.4 Å². The first-order valence-corrected chi connectivity index (χ1v) is 12.6. The van der Waals surface area contributed by atoms with Gasteiger partial charge in [-0.2, -0.15) is 9.78 Å². The Bertz CT molecular complexity index is 1220. The van der Waals surface area contributed by atoms with Crippen molar-refractivity contribution in [3.05, 3.63) is 81.8 Å². The van der Waals surface area contributed by atoms with E-state index >= 15 is 0 Å². The zero-order chi connectivity index (χ0) is 23.7. The van der Waals surface area contributed by atoms with Crippen molar-refractivity contribution < 1.29 is 13.5 Å². The minimum atomic E-state index is -0.771. The number of aryl methyl sites for hydroxylation is 1. The SMILES string of the molecule is CSN1CCN(c2cnn(-c3cc(F)cc(F)c3)c(=O)c2OC2CCc3ccccc3C2)CC1. The van der Waals surface area contributed by atoms with Crippen molar-refractivity contribution in [1.29, 1.82) is 0 Å². The summed E-state index contributed by atoms with van der Waals surface area (Å²) < 4.78 is 37.4. The van der Waals surface area contributed by atoms with Crippen LogP contribution in [0.4, 0.5) is 14.5 Å². The van der Waals surface area contributed by atoms with Gasteiger partial charge in [-0.25, -0.2) is 13.1 Å². The molecule has 0 N–H and O–H groups in total. The highest BCUT2D eigenvalue weighted by Crippen LogP contribution is 2.30. The van der Waals surface area contributed by atoms with E-state index in [0.717, 1.165) is 61.9 Å². The van der Waals surface area contributed by atoms with Gasteiger partial charge in [0.1, 0.15) is 23.4 Å². The Balaban J connectivity index is 1.52. The Kier molecular flexibility index (Phi) is 6.56. The summed E-state index contributed by atoms with van der Waals surface area (Å²) in [6.07, 6.45) is 5.81. The number of piperazine rings is 1. The van der Waals surface area contributed by atoms with Crippen molar-refractivity contribution in [1.82, 2.24) is 14.1 Å². The van der Waals surface area contributed by atoms with Gasteiger partial charge in [-0.05, 0) is 42.4 Å². The maximum Gasteiger partial charge on any atom is 0.316 e. The van der Waals surface area contributed by atoms with Gasteiger partial charge in [-0.3, -0.25) is 4.79 Å². The molecular formula is C25H26F2N4O2S. The first kappa shape index (κ1) is 22.9. The summed E-state index contributed by atoms with van der Waals surface area (Å²) in [5.41, 5.74) is 2.65. The standard InChI is InChI=1S/C25H26F2N4O2S/c1-34-30-10-8-29(9-11-30)23-16-28-31(21-14-19(26)13-20(27)15-21)25(32)24(23)33-22-7-6-17-4-2-3-5-18(17)12-22/h2-5,13-16,22H,6-12H2,1H3. The summed E-state index contributed by atoms with van der Waals surface area (Å²) in [6, 6.07) is 11.2. The van der Waals surface area contributed by atoms with Crippen LogP contribution in [0.3, 0.4) is 0 Å². The van der Waals surface area contributed by atoms with Crippen molar-refractivity contribution in [3.63, 3.8) is 0 Å². The van der Waals surface area contributed by atoms with E-state index in [2.05, 4.69) is 26.4 Å². The lowest BCUT2D eigenvalue weighted by Crippen LogP contribution is -2.44. The van der Waals surface area contributed by atoms with Crippen LogP contribution in [0.1, 0.15) is 17.5 Å². The van der Waals surface area contributed by atoms with Gasteiger partial charge < -0.3 is 9.64 Å². The Labute approximate surface area is 201 Å². The Morgan fingerprint density at radius 1 is 1.03 bits per heavy atom. The fraction of sp³-hybridized carbons (Fsp3) is 0.360. The van der Waals surface area contributed by atoms with Gasteiger partial charge in [0, 0.05) is 38.7 Å². The van der Waals surface area contributed by atoms with Gasteiger partial charge in [0.25, 0.3) is 0 Å². The van der Waals surface area contributed by atoms with Gasteiger partial charge in [-0.1, -0.05) is 36.2 Å². The quantitative estimate of drug-likeness (QED) is 0.513. The van der Waals surface area contributed by atoms with Gasteiger partial charge >= 0.3 is 5.56 Å². The minimum Gasteiger partial charge on any atom is -0.483 e. The van der Waals surface area contributed by atoms with Crippen molar-refractivity contribution in [2.75, 3.05) is 37.3 Å². The molecule has 1 aliphatic carbocycles. The zero-order valence-corrected chi connectivity index (χ0v) is 19.7. The van der Waals surface area contributed by atoms with E-state index in [-0.39, 0.29) is 17.5 Å². The van der Waals surface area contributed by atoms with Gasteiger partial charge in [0.15, 0.2) is 0 Å². The third-order valence-electron chi connectivity index (χ3n) is 6.43. The number of rotatable bonds is 5. The highest BCUT2D eigenvalue weighted by molar-refractivity contribution is 7.96. The lowest BCUT2D eigenvalue weighted by molar-refractivity contribution is 0.181. The first-order valence-electron chi connectivity index (χ1n) is 11.4. The molecule has 2 aromatic carbocycles. The van der Waals surface area contributed by atoms with Crippen LogP contribution in [0.2, 0.25) is 0 Å². The molecule has 0 bridgehead atoms. The second-order valence-corrected chi connectivity index (χ2v) is 9.44. The van der Waals surface area contributed by atoms with Crippen LogP contribution < -0.4 is 15.2 Å². The lowest BCUT2D eigenvalue weighted by Gasteiger charge is -2.35. The van der Waals surface area contributed by atoms with Crippen molar-refractivity contribution >= 4 is 17.6 Å². The van der Waals surface area contributed by atoms with Crippen molar-refractivity contribution in [3.8, 4) is 11.4 Å². The number of nitrogens with zero attached hydrogens (tertiary/aromatic N) is 4. The summed E-state index contributed by atoms with van der Waals surface area (Å²) in [7, 11) is 0. The average molecular weight is 485 g/mol. The molecule has 6 nitrogen and oxygen atoms in total. The predicted octanol–water partition coefficient (Wildman–Crippen LogP) is 3.85. The van der Waals surface area contributed by atoms with Gasteiger partial charge in [0.05, 0.1) is 11.9 Å². The van der Waals surface area contributed by atoms with Crippen molar-refractivity contribution in [2.45, 2.75) is 25.4 Å². The fourth-order valence-electron chi connectivity index (χ4n) is 4.65. The van der Waals surface area contributed by atoms with E-state index in [4.69, 9.17) is 4.74 Å². The maximum atomic E-state index is 13.9. The summed E-state index contributed by atoms with van der Waals surface area (Å²) in [6.45, 7) is 3.14. The van der Waals surface area contributed by atoms with Gasteiger partial charge in [0.2, 0.25) is 5.75 Å². The monoisotopic (exact) mass is 484 g/mol. The second-order valence-electron chi connectivity index (χ2n) is 8.55. The number of anilines is 1. The van der Waals surface area contributed by atoms with Gasteiger partial charge in [-0.15, -0.1) is 0 Å². The first-order chi connectivity index (χ1) is 16.5. The minimum absolute atomic E-state index is 0.0279. The highest BCUT2D eigenvalue weighted by atomic mass is 32.2. The topological polar surface area (TPSA) is 50.6 Å². The molecule has 0 amide bonds. The van der Waals surface area contributed by atoms with E-state index in [0.29, 0.717) is 12.1 Å². The molecule has 1 fully saturated rings. The van der Waals surface area contributed by atoms with Crippen LogP contribution in [-0.2, 0) is 12.8 Å². The van der Waals surface area contributed by atoms with Crippen LogP contribution in [0, 0.1) is 11.6 Å². The molecule has 34 heavy (non-hydrogen) atoms. The molecule has 1 saturated heterocycles. The molecule has 3 aromatic rings. The highest BCUT2D eigenvalue weighted by Gasteiger charge is 2.27. The van der Waals surface area contributed by atoms with E-state index in [1.165, 1.54) is 11.1 Å². The van der Waals surface area contributed by atoms with Crippen LogP contribution in [0.5, 0.6) is 5.75 Å². The molecule has 0 radical (unpaired) electrons. The van der Waals surface area contributed by atoms with E-state index in [1.54, 1.807) is 18.1 Å². The molecule has 2 aliphatic rings. The molecule has 9 heteroatoms. The van der Waals surface area contributed by atoms with E-state index in [9.17, 15) is 13.6 Å². The number of hydrogen-bond donors (Lipinski definition) is 0. The van der Waals surface area contributed by atoms with Crippen LogP contribution in [-0.4, -0.2) is 52.6 Å². The number of hydrogen-bond acceptors (Lipinski definition) is 6. The molecule has 0 spiro atoms. The number of halogens is 2. The molecule has 1 atom stereocenters. The van der Waals surface area contributed by atoms with Crippen LogP contribution in [0.25, 0.3) is 5.69 Å². The lowest BCUT2D eigenvalue weighted by atomic mass is 9.90. The van der Waals surface area contributed by atoms with E-state index < -0.39 is 17.2 Å². The number of benzene rings is 2. The number of aromatic nitrogens is 2. The molecule has 2 heterocycles. The summed E-state index contributed by atoms with van der Waals surface area (Å²) in [5, 5.41) is 4.27. The molecule has 0 saturated carbocycles. The predicted molar refractivity (Wildman–Crippen MR) is 130 cm³/mol. The number of ether oxygens (including phenoxy) is 1. The molecule has 5 rings (SSSR count). The third-order valence-corrected chi connectivity index (χ3v) is 7.31. The summed E-state index contributed by atoms with van der Waals surface area (Å²) in [4.78, 5) is 15.7. The zero-order valence-electron chi connectivity index (χ0n) is 18.9. The Hall–Kier alpha value is -2.91. The van der Waals surface area contributed by atoms with Crippen molar-refractivity contribution in [2.24, 2.45) is 0 Å². The molecular weight excluding hydrogens is 458 g/mol. The molecule has 1 aliphatic heterocycles. The molecule has 1 aromatic heterocycles. The summed E-state index contributed by atoms with van der Waals surface area (Å²) in [5.74, 6) is -1.36.